The highest BCUT2D eigenvalue weighted by molar-refractivity contribution is 7.85. The van der Waals surface area contributed by atoms with Gasteiger partial charge in [0.15, 0.2) is 11.7 Å². The Bertz CT molecular complexity index is 832. The van der Waals surface area contributed by atoms with E-state index in [2.05, 4.69) is 39.7 Å². The van der Waals surface area contributed by atoms with Gasteiger partial charge in [-0.25, -0.2) is 9.98 Å². The molecule has 0 aliphatic heterocycles. The SMILES string of the molecule is CCNC(=NCc1ncc(-c2ccc(C)cc2)o1)NC1CCCC(S(=O)CC)C1. The average Bonchev–Trinajstić information content (AvgIpc) is 3.21. The van der Waals surface area contributed by atoms with Gasteiger partial charge in [0.1, 0.15) is 6.54 Å². The zero-order valence-corrected chi connectivity index (χ0v) is 18.4. The fraction of sp³-hybridized carbons (Fsp3) is 0.545. The highest BCUT2D eigenvalue weighted by atomic mass is 32.2. The third-order valence-corrected chi connectivity index (χ3v) is 6.97. The van der Waals surface area contributed by atoms with Crippen molar-refractivity contribution in [2.45, 2.75) is 64.3 Å². The van der Waals surface area contributed by atoms with Crippen molar-refractivity contribution in [2.24, 2.45) is 4.99 Å². The highest BCUT2D eigenvalue weighted by Gasteiger charge is 2.26. The monoisotopic (exact) mass is 416 g/mol. The zero-order valence-electron chi connectivity index (χ0n) is 17.6. The van der Waals surface area contributed by atoms with Gasteiger partial charge < -0.3 is 15.1 Å². The van der Waals surface area contributed by atoms with Crippen molar-refractivity contribution in [2.75, 3.05) is 12.3 Å². The predicted octanol–water partition coefficient (Wildman–Crippen LogP) is 3.78. The van der Waals surface area contributed by atoms with Gasteiger partial charge in [-0.2, -0.15) is 0 Å². The molecule has 3 atom stereocenters. The normalized spacial score (nSPS) is 21.0. The minimum absolute atomic E-state index is 0.290. The van der Waals surface area contributed by atoms with E-state index in [9.17, 15) is 4.21 Å². The van der Waals surface area contributed by atoms with Gasteiger partial charge in [-0.3, -0.25) is 4.21 Å². The van der Waals surface area contributed by atoms with Crippen molar-refractivity contribution in [3.8, 4) is 11.3 Å². The lowest BCUT2D eigenvalue weighted by Gasteiger charge is -2.30. The largest absolute Gasteiger partial charge is 0.439 e. The maximum absolute atomic E-state index is 12.2. The molecular formula is C22H32N4O2S. The molecule has 6 nitrogen and oxygen atoms in total. The van der Waals surface area contributed by atoms with E-state index in [-0.39, 0.29) is 5.25 Å². The first-order valence-electron chi connectivity index (χ1n) is 10.5. The van der Waals surface area contributed by atoms with Gasteiger partial charge in [0.2, 0.25) is 5.89 Å². The lowest BCUT2D eigenvalue weighted by atomic mass is 9.95. The van der Waals surface area contributed by atoms with Gasteiger partial charge in [-0.05, 0) is 33.1 Å². The molecular weight excluding hydrogens is 384 g/mol. The Balaban J connectivity index is 1.62. The lowest BCUT2D eigenvalue weighted by molar-refractivity contribution is 0.413. The average molecular weight is 417 g/mol. The summed E-state index contributed by atoms with van der Waals surface area (Å²) in [6.07, 6.45) is 5.93. The second kappa shape index (κ2) is 10.6. The van der Waals surface area contributed by atoms with Crippen molar-refractivity contribution < 1.29 is 8.63 Å². The molecule has 2 aromatic rings. The highest BCUT2D eigenvalue weighted by Crippen LogP contribution is 2.23. The van der Waals surface area contributed by atoms with E-state index in [0.29, 0.717) is 18.5 Å². The molecule has 3 unspecified atom stereocenters. The van der Waals surface area contributed by atoms with Crippen LogP contribution in [0.15, 0.2) is 39.9 Å². The van der Waals surface area contributed by atoms with Gasteiger partial charge in [-0.15, -0.1) is 0 Å². The summed E-state index contributed by atoms with van der Waals surface area (Å²) in [5, 5.41) is 7.10. The summed E-state index contributed by atoms with van der Waals surface area (Å²) in [7, 11) is -0.728. The number of nitrogens with one attached hydrogen (secondary N) is 2. The molecule has 1 aliphatic carbocycles. The van der Waals surface area contributed by atoms with E-state index in [1.807, 2.05) is 26.0 Å². The first-order valence-corrected chi connectivity index (χ1v) is 11.9. The Kier molecular flexibility index (Phi) is 7.86. The summed E-state index contributed by atoms with van der Waals surface area (Å²) in [5.41, 5.74) is 2.23. The molecule has 0 radical (unpaired) electrons. The molecule has 1 saturated carbocycles. The number of benzene rings is 1. The van der Waals surface area contributed by atoms with Crippen molar-refractivity contribution >= 4 is 16.8 Å². The Morgan fingerprint density at radius 2 is 2.07 bits per heavy atom. The lowest BCUT2D eigenvalue weighted by Crippen LogP contribution is -2.46. The quantitative estimate of drug-likeness (QED) is 0.530. The fourth-order valence-corrected chi connectivity index (χ4v) is 4.99. The Labute approximate surface area is 176 Å². The number of hydrogen-bond acceptors (Lipinski definition) is 4. The maximum atomic E-state index is 12.2. The number of nitrogens with zero attached hydrogens (tertiary/aromatic N) is 2. The van der Waals surface area contributed by atoms with Crippen molar-refractivity contribution in [3.05, 3.63) is 41.9 Å². The molecule has 0 amide bonds. The van der Waals surface area contributed by atoms with Crippen LogP contribution in [0.25, 0.3) is 11.3 Å². The molecule has 0 bridgehead atoms. The molecule has 1 aromatic carbocycles. The fourth-order valence-electron chi connectivity index (χ4n) is 3.65. The number of oxazole rings is 1. The van der Waals surface area contributed by atoms with Crippen molar-refractivity contribution in [1.29, 1.82) is 0 Å². The van der Waals surface area contributed by atoms with E-state index in [4.69, 9.17) is 4.42 Å². The maximum Gasteiger partial charge on any atom is 0.216 e. The third-order valence-electron chi connectivity index (χ3n) is 5.23. The summed E-state index contributed by atoms with van der Waals surface area (Å²) >= 11 is 0. The van der Waals surface area contributed by atoms with E-state index in [1.165, 1.54) is 5.56 Å². The number of guanidine groups is 1. The van der Waals surface area contributed by atoms with E-state index in [0.717, 1.165) is 55.3 Å². The van der Waals surface area contributed by atoms with Crippen LogP contribution in [-0.2, 0) is 17.3 Å². The van der Waals surface area contributed by atoms with Crippen LogP contribution in [0.3, 0.4) is 0 Å². The molecule has 0 spiro atoms. The number of aliphatic imine (C=N–C) groups is 1. The molecule has 3 rings (SSSR count). The number of aromatic nitrogens is 1. The van der Waals surface area contributed by atoms with Crippen LogP contribution in [-0.4, -0.2) is 38.7 Å². The van der Waals surface area contributed by atoms with Gasteiger partial charge in [0, 0.05) is 40.0 Å². The van der Waals surface area contributed by atoms with Gasteiger partial charge in [0.25, 0.3) is 0 Å². The minimum atomic E-state index is -0.728. The van der Waals surface area contributed by atoms with E-state index >= 15 is 0 Å². The van der Waals surface area contributed by atoms with Crippen LogP contribution in [0.5, 0.6) is 0 Å². The molecule has 1 fully saturated rings. The van der Waals surface area contributed by atoms with Gasteiger partial charge in [0.05, 0.1) is 6.20 Å². The number of hydrogen-bond donors (Lipinski definition) is 2. The van der Waals surface area contributed by atoms with Crippen LogP contribution in [0.4, 0.5) is 0 Å². The zero-order chi connectivity index (χ0) is 20.6. The first kappa shape index (κ1) is 21.6. The molecule has 158 valence electrons. The van der Waals surface area contributed by atoms with Crippen LogP contribution in [0.2, 0.25) is 0 Å². The van der Waals surface area contributed by atoms with Gasteiger partial charge >= 0.3 is 0 Å². The van der Waals surface area contributed by atoms with E-state index < -0.39 is 10.8 Å². The molecule has 1 heterocycles. The first-order chi connectivity index (χ1) is 14.1. The predicted molar refractivity (Wildman–Crippen MR) is 119 cm³/mol. The van der Waals surface area contributed by atoms with Crippen LogP contribution >= 0.6 is 0 Å². The van der Waals surface area contributed by atoms with Crippen LogP contribution in [0.1, 0.15) is 51.0 Å². The molecule has 1 aliphatic rings. The minimum Gasteiger partial charge on any atom is -0.439 e. The number of rotatable bonds is 7. The topological polar surface area (TPSA) is 79.5 Å². The summed E-state index contributed by atoms with van der Waals surface area (Å²) in [6, 6.07) is 8.50. The van der Waals surface area contributed by atoms with Crippen LogP contribution in [0, 0.1) is 6.92 Å². The Morgan fingerprint density at radius 3 is 2.79 bits per heavy atom. The summed E-state index contributed by atoms with van der Waals surface area (Å²) in [5.74, 6) is 2.84. The second-order valence-corrected chi connectivity index (χ2v) is 9.48. The standard InChI is InChI=1S/C22H32N4O2S/c1-4-23-22(26-18-7-6-8-19(13-18)29(27)5-2)25-15-21-24-14-20(28-21)17-11-9-16(3)10-12-17/h9-12,14,18-19H,4-8,13,15H2,1-3H3,(H2,23,25,26). The van der Waals surface area contributed by atoms with E-state index in [1.54, 1.807) is 6.20 Å². The molecule has 29 heavy (non-hydrogen) atoms. The summed E-state index contributed by atoms with van der Waals surface area (Å²) in [4.78, 5) is 9.02. The molecule has 7 heteroatoms. The van der Waals surface area contributed by atoms with Gasteiger partial charge in [-0.1, -0.05) is 43.2 Å². The third kappa shape index (κ3) is 6.16. The van der Waals surface area contributed by atoms with Crippen molar-refractivity contribution in [3.63, 3.8) is 0 Å². The van der Waals surface area contributed by atoms with Crippen LogP contribution < -0.4 is 10.6 Å². The Hall–Kier alpha value is -2.15. The number of aryl methyl sites for hydroxylation is 1. The smallest absolute Gasteiger partial charge is 0.216 e. The Morgan fingerprint density at radius 1 is 1.28 bits per heavy atom. The molecule has 1 aromatic heterocycles. The second-order valence-electron chi connectivity index (χ2n) is 7.48. The summed E-state index contributed by atoms with van der Waals surface area (Å²) < 4.78 is 18.1. The molecule has 2 N–H and O–H groups in total. The summed E-state index contributed by atoms with van der Waals surface area (Å²) in [6.45, 7) is 7.27. The van der Waals surface area contributed by atoms with Crippen molar-refractivity contribution in [1.82, 2.24) is 15.6 Å². The molecule has 0 saturated heterocycles.